The van der Waals surface area contributed by atoms with E-state index in [0.717, 1.165) is 27.8 Å². The first-order valence-corrected chi connectivity index (χ1v) is 15.3. The van der Waals surface area contributed by atoms with Crippen LogP contribution in [0.2, 0.25) is 0 Å². The molecule has 16 nitrogen and oxygen atoms in total. The number of benzene rings is 3. The molecule has 0 aliphatic carbocycles. The van der Waals surface area contributed by atoms with Gasteiger partial charge in [-0.05, 0) is 23.3 Å². The van der Waals surface area contributed by atoms with Crippen LogP contribution in [0.25, 0.3) is 0 Å². The fourth-order valence-electron chi connectivity index (χ4n) is 4.37. The van der Waals surface area contributed by atoms with E-state index in [4.69, 9.17) is 4.74 Å². The van der Waals surface area contributed by atoms with Gasteiger partial charge in [0.1, 0.15) is 18.9 Å². The number of anilines is 1. The molecule has 4 aromatic rings. The Morgan fingerprint density at radius 3 is 2.13 bits per heavy atom. The lowest BCUT2D eigenvalue weighted by Crippen LogP contribution is -2.43. The molecule has 0 atom stereocenters. The molecule has 0 radical (unpaired) electrons. The molecule has 4 rings (SSSR count). The van der Waals surface area contributed by atoms with Gasteiger partial charge < -0.3 is 14.7 Å². The Bertz CT molecular complexity index is 1880. The van der Waals surface area contributed by atoms with E-state index in [-0.39, 0.29) is 5.82 Å². The zero-order chi connectivity index (χ0) is 34.0. The summed E-state index contributed by atoms with van der Waals surface area (Å²) in [6.45, 7) is -2.42. The van der Waals surface area contributed by atoms with Crippen molar-refractivity contribution in [1.82, 2.24) is 19.2 Å². The number of nitrogens with zero attached hydrogens (tertiary/aromatic N) is 4. The van der Waals surface area contributed by atoms with Gasteiger partial charge in [0.15, 0.2) is 11.0 Å². The third kappa shape index (κ3) is 9.28. The molecule has 47 heavy (non-hydrogen) atoms. The van der Waals surface area contributed by atoms with Crippen LogP contribution in [-0.2, 0) is 30.9 Å². The number of amides is 2. The van der Waals surface area contributed by atoms with E-state index in [2.05, 4.69) is 15.0 Å². The second-order valence-electron chi connectivity index (χ2n) is 9.79. The van der Waals surface area contributed by atoms with Crippen molar-refractivity contribution in [2.45, 2.75) is 17.5 Å². The van der Waals surface area contributed by atoms with Gasteiger partial charge in [0.2, 0.25) is 15.9 Å². The first kappa shape index (κ1) is 33.9. The smallest absolute Gasteiger partial charge is 0.413 e. The number of hydrogen-bond acceptors (Lipinski definition) is 10. The molecule has 0 aliphatic heterocycles. The summed E-state index contributed by atoms with van der Waals surface area (Å²) >= 11 is 0. The Balaban J connectivity index is 1.40. The van der Waals surface area contributed by atoms with E-state index >= 15 is 0 Å². The van der Waals surface area contributed by atoms with Gasteiger partial charge >= 0.3 is 17.8 Å². The number of nitro benzene ring substituents is 1. The van der Waals surface area contributed by atoms with Crippen molar-refractivity contribution in [3.05, 3.63) is 129 Å². The van der Waals surface area contributed by atoms with Gasteiger partial charge in [0, 0.05) is 25.4 Å². The summed E-state index contributed by atoms with van der Waals surface area (Å²) in [5.41, 5.74) is -0.207. The highest BCUT2D eigenvalue weighted by molar-refractivity contribution is 7.89. The van der Waals surface area contributed by atoms with Crippen LogP contribution < -0.4 is 15.7 Å². The van der Waals surface area contributed by atoms with Gasteiger partial charge in [0.05, 0.1) is 4.92 Å². The molecule has 0 bridgehead atoms. The number of carboxylic acid groups (broad SMARTS) is 1. The lowest BCUT2D eigenvalue weighted by atomic mass is 10.0. The maximum Gasteiger partial charge on any atom is 0.413 e. The third-order valence-corrected chi connectivity index (χ3v) is 8.05. The van der Waals surface area contributed by atoms with Crippen LogP contribution in [0.15, 0.2) is 107 Å². The predicted molar refractivity (Wildman–Crippen MR) is 166 cm³/mol. The monoisotopic (exact) mass is 664 g/mol. The number of rotatable bonds is 14. The van der Waals surface area contributed by atoms with Crippen LogP contribution in [0.1, 0.15) is 17.2 Å². The third-order valence-electron chi connectivity index (χ3n) is 6.54. The number of nitro groups is 1. The van der Waals surface area contributed by atoms with Crippen molar-refractivity contribution < 1.29 is 37.6 Å². The lowest BCUT2D eigenvalue weighted by molar-refractivity contribution is -0.387. The Hall–Kier alpha value is -5.94. The molecule has 0 saturated heterocycles. The zero-order valence-electron chi connectivity index (χ0n) is 24.5. The molecule has 0 spiro atoms. The summed E-state index contributed by atoms with van der Waals surface area (Å²) in [6.07, 6.45) is -0.507. The predicted octanol–water partition coefficient (Wildman–Crippen LogP) is 2.38. The molecule has 3 aromatic carbocycles. The Labute approximate surface area is 267 Å². The number of carbonyl (C=O) groups excluding carboxylic acids is 2. The average Bonchev–Trinajstić information content (AvgIpc) is 3.05. The number of para-hydroxylation sites is 1. The summed E-state index contributed by atoms with van der Waals surface area (Å²) < 4.78 is 33.9. The number of ether oxygens (including phenoxy) is 1. The van der Waals surface area contributed by atoms with Crippen LogP contribution in [-0.4, -0.2) is 70.5 Å². The van der Waals surface area contributed by atoms with E-state index in [1.165, 1.54) is 18.2 Å². The molecule has 1 aromatic heterocycles. The fourth-order valence-corrected chi connectivity index (χ4v) is 5.56. The first-order valence-electron chi connectivity index (χ1n) is 13.8. The summed E-state index contributed by atoms with van der Waals surface area (Å²) in [5.74, 6) is -2.45. The van der Waals surface area contributed by atoms with Crippen LogP contribution >= 0.6 is 0 Å². The molecule has 17 heteroatoms. The van der Waals surface area contributed by atoms with E-state index in [1.807, 2.05) is 12.1 Å². The number of sulfonamides is 1. The van der Waals surface area contributed by atoms with E-state index in [9.17, 15) is 42.8 Å². The van der Waals surface area contributed by atoms with E-state index in [1.54, 1.807) is 48.5 Å². The molecule has 0 fully saturated rings. The fraction of sp³-hybridized carbons (Fsp3) is 0.167. The summed E-state index contributed by atoms with van der Waals surface area (Å²) in [7, 11) is -4.39. The average molecular weight is 665 g/mol. The van der Waals surface area contributed by atoms with Gasteiger partial charge in [-0.25, -0.2) is 22.7 Å². The first-order chi connectivity index (χ1) is 22.4. The second kappa shape index (κ2) is 15.4. The maximum atomic E-state index is 12.9. The van der Waals surface area contributed by atoms with Gasteiger partial charge in [0.25, 0.3) is 5.69 Å². The molecular weight excluding hydrogens is 636 g/mol. The minimum atomic E-state index is -4.39. The van der Waals surface area contributed by atoms with Crippen LogP contribution in [0.4, 0.5) is 16.3 Å². The summed E-state index contributed by atoms with van der Waals surface area (Å²) in [6, 6.07) is 23.8. The van der Waals surface area contributed by atoms with Crippen LogP contribution in [0.3, 0.4) is 0 Å². The highest BCUT2D eigenvalue weighted by Gasteiger charge is 2.26. The molecule has 0 unspecified atom stereocenters. The van der Waals surface area contributed by atoms with Crippen molar-refractivity contribution in [2.75, 3.05) is 25.0 Å². The van der Waals surface area contributed by atoms with Crippen molar-refractivity contribution >= 4 is 39.5 Å². The van der Waals surface area contributed by atoms with Gasteiger partial charge in [-0.15, -0.1) is 0 Å². The highest BCUT2D eigenvalue weighted by atomic mass is 32.2. The van der Waals surface area contributed by atoms with E-state index < -0.39 is 81.5 Å². The molecule has 244 valence electrons. The topological polar surface area (TPSA) is 220 Å². The molecular formula is C30H28N6O10S. The molecule has 3 N–H and O–H groups in total. The van der Waals surface area contributed by atoms with Crippen LogP contribution in [0, 0.1) is 10.1 Å². The molecule has 1 heterocycles. The summed E-state index contributed by atoms with van der Waals surface area (Å²) in [4.78, 5) is 64.1. The van der Waals surface area contributed by atoms with Crippen LogP contribution in [0.5, 0.6) is 0 Å². The Morgan fingerprint density at radius 1 is 0.957 bits per heavy atom. The SMILES string of the molecule is O=C(O)CN(CCNS(=O)(=O)c1ccccc1[N+](=O)[O-])C(=O)Cn1ccc(NC(=O)OC(c2ccccc2)c2ccccc2)nc1=O. The van der Waals surface area contributed by atoms with Crippen molar-refractivity contribution in [2.24, 2.45) is 0 Å². The normalized spacial score (nSPS) is 11.1. The van der Waals surface area contributed by atoms with Gasteiger partial charge in [-0.3, -0.25) is 29.6 Å². The largest absolute Gasteiger partial charge is 0.480 e. The van der Waals surface area contributed by atoms with Gasteiger partial charge in [-0.2, -0.15) is 4.98 Å². The van der Waals surface area contributed by atoms with Crippen molar-refractivity contribution in [3.8, 4) is 0 Å². The van der Waals surface area contributed by atoms with Crippen molar-refractivity contribution in [3.63, 3.8) is 0 Å². The van der Waals surface area contributed by atoms with E-state index in [0.29, 0.717) is 11.1 Å². The number of nitrogens with one attached hydrogen (secondary N) is 2. The zero-order valence-corrected chi connectivity index (χ0v) is 25.3. The molecule has 2 amide bonds. The quantitative estimate of drug-likeness (QED) is 0.131. The number of carbonyl (C=O) groups is 3. The van der Waals surface area contributed by atoms with Gasteiger partial charge in [-0.1, -0.05) is 72.8 Å². The highest BCUT2D eigenvalue weighted by Crippen LogP contribution is 2.26. The number of aromatic nitrogens is 2. The second-order valence-corrected chi connectivity index (χ2v) is 11.5. The summed E-state index contributed by atoms with van der Waals surface area (Å²) in [5, 5.41) is 22.9. The molecule has 0 aliphatic rings. The lowest BCUT2D eigenvalue weighted by Gasteiger charge is -2.21. The Morgan fingerprint density at radius 2 is 1.55 bits per heavy atom. The minimum absolute atomic E-state index is 0.171. The standard InChI is InChI=1S/C30H28N6O10S/c37-26(34(20-27(38)39)18-16-31-47(44,45)24-14-8-7-13-23(24)36(42)43)19-35-17-15-25(32-29(35)40)33-30(41)46-28(21-9-3-1-4-10-21)22-11-5-2-6-12-22/h1-15,17,28,31H,16,18-20H2,(H,38,39)(H,32,33,40,41). The van der Waals surface area contributed by atoms with Crippen molar-refractivity contribution in [1.29, 1.82) is 0 Å². The number of aliphatic carboxylic acids is 1. The number of carboxylic acids is 1. The number of hydrogen-bond donors (Lipinski definition) is 3. The molecule has 0 saturated carbocycles. The maximum absolute atomic E-state index is 12.9. The minimum Gasteiger partial charge on any atom is -0.480 e. The Kier molecular flexibility index (Phi) is 11.1.